The quantitative estimate of drug-likeness (QED) is 0.450. The van der Waals surface area contributed by atoms with E-state index >= 15 is 0 Å². The summed E-state index contributed by atoms with van der Waals surface area (Å²) in [5, 5.41) is 10.2. The Balaban J connectivity index is 1.66. The van der Waals surface area contributed by atoms with E-state index in [-0.39, 0.29) is 10.6 Å². The number of benzene rings is 3. The highest BCUT2D eigenvalue weighted by molar-refractivity contribution is 7.90. The van der Waals surface area contributed by atoms with Crippen LogP contribution < -0.4 is 0 Å². The van der Waals surface area contributed by atoms with Gasteiger partial charge in [0.15, 0.2) is 0 Å². The lowest BCUT2D eigenvalue weighted by Gasteiger charge is -2.07. The lowest BCUT2D eigenvalue weighted by atomic mass is 10.1. The zero-order chi connectivity index (χ0) is 20.7. The van der Waals surface area contributed by atoms with Gasteiger partial charge in [-0.2, -0.15) is 0 Å². The largest absolute Gasteiger partial charge is 0.508 e. The minimum Gasteiger partial charge on any atom is -0.508 e. The average molecular weight is 416 g/mol. The standard InChI is InChI=1S/C23H16N2O4S/c26-17-12-10-16(11-13-17)23-24-21(15-29-23)20-14-25(22-9-5-4-8-19(20)22)30(27,28)18-6-2-1-3-7-18/h1-15,26H. The van der Waals surface area contributed by atoms with E-state index in [1.165, 1.54) is 10.2 Å². The Bertz CT molecular complexity index is 1450. The highest BCUT2D eigenvalue weighted by atomic mass is 32.2. The molecule has 0 aliphatic carbocycles. The fourth-order valence-corrected chi connectivity index (χ4v) is 4.78. The van der Waals surface area contributed by atoms with Gasteiger partial charge in [-0.05, 0) is 42.5 Å². The van der Waals surface area contributed by atoms with E-state index in [0.717, 1.165) is 5.39 Å². The zero-order valence-electron chi connectivity index (χ0n) is 15.6. The number of phenols is 1. The molecule has 0 amide bonds. The van der Waals surface area contributed by atoms with Gasteiger partial charge in [0.25, 0.3) is 10.0 Å². The van der Waals surface area contributed by atoms with Crippen LogP contribution in [0.1, 0.15) is 0 Å². The normalized spacial score (nSPS) is 11.7. The van der Waals surface area contributed by atoms with Crippen molar-refractivity contribution in [2.75, 3.05) is 0 Å². The first-order valence-electron chi connectivity index (χ1n) is 9.20. The molecule has 7 heteroatoms. The zero-order valence-corrected chi connectivity index (χ0v) is 16.5. The van der Waals surface area contributed by atoms with Crippen molar-refractivity contribution >= 4 is 20.9 Å². The molecule has 6 nitrogen and oxygen atoms in total. The molecule has 30 heavy (non-hydrogen) atoms. The number of nitrogens with zero attached hydrogens (tertiary/aromatic N) is 2. The topological polar surface area (TPSA) is 85.3 Å². The lowest BCUT2D eigenvalue weighted by molar-refractivity contribution is 0.475. The van der Waals surface area contributed by atoms with Crippen molar-refractivity contribution in [1.29, 1.82) is 0 Å². The van der Waals surface area contributed by atoms with Crippen LogP contribution in [0.15, 0.2) is 101 Å². The predicted molar refractivity (Wildman–Crippen MR) is 114 cm³/mol. The summed E-state index contributed by atoms with van der Waals surface area (Å²) in [6.07, 6.45) is 3.08. The van der Waals surface area contributed by atoms with Crippen LogP contribution in [-0.2, 0) is 10.0 Å². The van der Waals surface area contributed by atoms with Crippen LogP contribution >= 0.6 is 0 Å². The Morgan fingerprint density at radius 1 is 0.867 bits per heavy atom. The van der Waals surface area contributed by atoms with E-state index in [9.17, 15) is 13.5 Å². The summed E-state index contributed by atoms with van der Waals surface area (Å²) in [5.41, 5.74) is 2.44. The molecule has 5 aromatic rings. The van der Waals surface area contributed by atoms with E-state index in [1.54, 1.807) is 72.9 Å². The second kappa shape index (κ2) is 6.89. The number of para-hydroxylation sites is 1. The molecule has 0 atom stereocenters. The maximum absolute atomic E-state index is 13.2. The summed E-state index contributed by atoms with van der Waals surface area (Å²) in [7, 11) is -3.77. The molecule has 5 rings (SSSR count). The molecule has 148 valence electrons. The molecule has 2 aromatic heterocycles. The Morgan fingerprint density at radius 3 is 2.33 bits per heavy atom. The predicted octanol–water partition coefficient (Wildman–Crippen LogP) is 4.91. The summed E-state index contributed by atoms with van der Waals surface area (Å²) in [4.78, 5) is 4.75. The minimum atomic E-state index is -3.77. The number of hydrogen-bond donors (Lipinski definition) is 1. The first kappa shape index (κ1) is 18.2. The third kappa shape index (κ3) is 2.96. The van der Waals surface area contributed by atoms with Crippen molar-refractivity contribution in [3.8, 4) is 28.5 Å². The van der Waals surface area contributed by atoms with Gasteiger partial charge < -0.3 is 9.52 Å². The van der Waals surface area contributed by atoms with Gasteiger partial charge in [-0.3, -0.25) is 0 Å². The molecule has 0 aliphatic rings. The van der Waals surface area contributed by atoms with Crippen molar-refractivity contribution in [3.63, 3.8) is 0 Å². The average Bonchev–Trinajstić information content (AvgIpc) is 3.40. The van der Waals surface area contributed by atoms with Gasteiger partial charge in [-0.25, -0.2) is 17.4 Å². The van der Waals surface area contributed by atoms with E-state index in [4.69, 9.17) is 4.42 Å². The number of phenolic OH excluding ortho intramolecular Hbond substituents is 1. The van der Waals surface area contributed by atoms with Crippen LogP contribution in [0.25, 0.3) is 33.6 Å². The maximum atomic E-state index is 13.2. The van der Waals surface area contributed by atoms with Gasteiger partial charge >= 0.3 is 0 Å². The first-order chi connectivity index (χ1) is 14.5. The molecule has 0 spiro atoms. The van der Waals surface area contributed by atoms with E-state index in [1.807, 2.05) is 12.1 Å². The molecule has 0 aliphatic heterocycles. The molecule has 0 unspecified atom stereocenters. The molecule has 0 fully saturated rings. The molecule has 2 heterocycles. The van der Waals surface area contributed by atoms with Crippen LogP contribution in [0.5, 0.6) is 5.75 Å². The number of aromatic nitrogens is 2. The first-order valence-corrected chi connectivity index (χ1v) is 10.6. The van der Waals surface area contributed by atoms with Crippen molar-refractivity contribution < 1.29 is 17.9 Å². The molecule has 1 N–H and O–H groups in total. The molecule has 0 saturated carbocycles. The smallest absolute Gasteiger partial charge is 0.268 e. The van der Waals surface area contributed by atoms with Crippen LogP contribution in [0.2, 0.25) is 0 Å². The van der Waals surface area contributed by atoms with E-state index < -0.39 is 10.0 Å². The van der Waals surface area contributed by atoms with Crippen molar-refractivity contribution in [2.45, 2.75) is 4.90 Å². The van der Waals surface area contributed by atoms with Crippen molar-refractivity contribution in [2.24, 2.45) is 0 Å². The van der Waals surface area contributed by atoms with Gasteiger partial charge in [0.1, 0.15) is 17.7 Å². The number of oxazole rings is 1. The Hall–Kier alpha value is -3.84. The summed E-state index contributed by atoms with van der Waals surface area (Å²) in [6, 6.07) is 22.1. The summed E-state index contributed by atoms with van der Waals surface area (Å²) >= 11 is 0. The SMILES string of the molecule is O=S(=O)(c1ccccc1)n1cc(-c2coc(-c3ccc(O)cc3)n2)c2ccccc21. The third-order valence-corrected chi connectivity index (χ3v) is 6.56. The molecule has 0 radical (unpaired) electrons. The molecular weight excluding hydrogens is 400 g/mol. The van der Waals surface area contributed by atoms with Gasteiger partial charge in [-0.1, -0.05) is 36.4 Å². The van der Waals surface area contributed by atoms with Crippen molar-refractivity contribution in [1.82, 2.24) is 8.96 Å². The summed E-state index contributed by atoms with van der Waals surface area (Å²) < 4.78 is 33.4. The second-order valence-corrected chi connectivity index (χ2v) is 8.57. The van der Waals surface area contributed by atoms with Crippen LogP contribution in [-0.4, -0.2) is 22.5 Å². The summed E-state index contributed by atoms with van der Waals surface area (Å²) in [6.45, 7) is 0. The third-order valence-electron chi connectivity index (χ3n) is 4.87. The molecule has 0 saturated heterocycles. The maximum Gasteiger partial charge on any atom is 0.268 e. The fraction of sp³-hybridized carbons (Fsp3) is 0. The van der Waals surface area contributed by atoms with E-state index in [0.29, 0.717) is 28.2 Å². The van der Waals surface area contributed by atoms with Gasteiger partial charge in [0.2, 0.25) is 5.89 Å². The Kier molecular flexibility index (Phi) is 4.18. The monoisotopic (exact) mass is 416 g/mol. The highest BCUT2D eigenvalue weighted by Crippen LogP contribution is 2.34. The molecule has 0 bridgehead atoms. The highest BCUT2D eigenvalue weighted by Gasteiger charge is 2.22. The molecule has 3 aromatic carbocycles. The lowest BCUT2D eigenvalue weighted by Crippen LogP contribution is -2.11. The van der Waals surface area contributed by atoms with Crippen molar-refractivity contribution in [3.05, 3.63) is 91.3 Å². The van der Waals surface area contributed by atoms with Crippen LogP contribution in [0.3, 0.4) is 0 Å². The van der Waals surface area contributed by atoms with Gasteiger partial charge in [-0.15, -0.1) is 0 Å². The Labute approximate surface area is 172 Å². The van der Waals surface area contributed by atoms with E-state index in [2.05, 4.69) is 4.98 Å². The van der Waals surface area contributed by atoms with Crippen LogP contribution in [0.4, 0.5) is 0 Å². The van der Waals surface area contributed by atoms with Gasteiger partial charge in [0.05, 0.1) is 10.4 Å². The second-order valence-electron chi connectivity index (χ2n) is 6.76. The number of fused-ring (bicyclic) bond motifs is 1. The minimum absolute atomic E-state index is 0.153. The Morgan fingerprint density at radius 2 is 1.57 bits per heavy atom. The molecular formula is C23H16N2O4S. The van der Waals surface area contributed by atoms with Crippen LogP contribution in [0, 0.1) is 0 Å². The number of hydrogen-bond acceptors (Lipinski definition) is 5. The number of rotatable bonds is 4. The van der Waals surface area contributed by atoms with Gasteiger partial charge in [0, 0.05) is 22.7 Å². The fourth-order valence-electron chi connectivity index (χ4n) is 3.39. The summed E-state index contributed by atoms with van der Waals surface area (Å²) in [5.74, 6) is 0.535. The number of aromatic hydroxyl groups is 1.